The summed E-state index contributed by atoms with van der Waals surface area (Å²) in [6.45, 7) is 2.01. The molecule has 10 heteroatoms. The van der Waals surface area contributed by atoms with Gasteiger partial charge < -0.3 is 31.9 Å². The van der Waals surface area contributed by atoms with Crippen molar-refractivity contribution in [2.24, 2.45) is 23.3 Å². The minimum atomic E-state index is -2.64. The van der Waals surface area contributed by atoms with Crippen molar-refractivity contribution in [2.45, 2.75) is 50.8 Å². The maximum Gasteiger partial charge on any atom is 0.255 e. The summed E-state index contributed by atoms with van der Waals surface area (Å²) >= 11 is 0. The van der Waals surface area contributed by atoms with E-state index >= 15 is 0 Å². The SMILES string of the molecule is CCCc1cc(CN)c(O)c2c1CC1CC3C(N(C)C)C(=O)C(C(N)=O)=C(O)C3(O)C(=O)C1=C2O. The van der Waals surface area contributed by atoms with E-state index in [1.54, 1.807) is 20.2 Å². The summed E-state index contributed by atoms with van der Waals surface area (Å²) in [5, 5.41) is 44.6. The fourth-order valence-corrected chi connectivity index (χ4v) is 6.10. The summed E-state index contributed by atoms with van der Waals surface area (Å²) in [7, 11) is 3.14. The number of benzene rings is 1. The molecule has 4 atom stereocenters. The minimum Gasteiger partial charge on any atom is -0.508 e. The lowest BCUT2D eigenvalue weighted by atomic mass is 9.57. The third kappa shape index (κ3) is 3.31. The molecule has 0 aromatic heterocycles. The Labute approximate surface area is 202 Å². The quantitative estimate of drug-likeness (QED) is 0.320. The van der Waals surface area contributed by atoms with Crippen LogP contribution in [-0.4, -0.2) is 68.5 Å². The first-order valence-electron chi connectivity index (χ1n) is 11.6. The van der Waals surface area contributed by atoms with E-state index in [9.17, 15) is 34.8 Å². The summed E-state index contributed by atoms with van der Waals surface area (Å²) in [5.41, 5.74) is 9.57. The Hall–Kier alpha value is -3.21. The molecule has 1 aromatic carbocycles. The van der Waals surface area contributed by atoms with Crippen LogP contribution in [0.2, 0.25) is 0 Å². The van der Waals surface area contributed by atoms with Crippen LogP contribution in [0.3, 0.4) is 0 Å². The van der Waals surface area contributed by atoms with E-state index in [4.69, 9.17) is 11.5 Å². The fourth-order valence-electron chi connectivity index (χ4n) is 6.10. The highest BCUT2D eigenvalue weighted by atomic mass is 16.3. The van der Waals surface area contributed by atoms with E-state index in [0.717, 1.165) is 12.0 Å². The van der Waals surface area contributed by atoms with Gasteiger partial charge in [-0.2, -0.15) is 0 Å². The van der Waals surface area contributed by atoms with E-state index in [2.05, 4.69) is 0 Å². The number of aromatic hydroxyl groups is 1. The zero-order chi connectivity index (χ0) is 26.0. The highest BCUT2D eigenvalue weighted by Crippen LogP contribution is 2.53. The van der Waals surface area contributed by atoms with Gasteiger partial charge in [-0.1, -0.05) is 19.4 Å². The van der Waals surface area contributed by atoms with Gasteiger partial charge in [0, 0.05) is 23.6 Å². The highest BCUT2D eigenvalue weighted by molar-refractivity contribution is 6.24. The van der Waals surface area contributed by atoms with Crippen molar-refractivity contribution in [3.05, 3.63) is 45.2 Å². The van der Waals surface area contributed by atoms with Gasteiger partial charge in [-0.3, -0.25) is 19.3 Å². The zero-order valence-corrected chi connectivity index (χ0v) is 20.0. The van der Waals surface area contributed by atoms with Crippen molar-refractivity contribution in [3.63, 3.8) is 0 Å². The maximum atomic E-state index is 13.8. The molecule has 8 N–H and O–H groups in total. The van der Waals surface area contributed by atoms with Gasteiger partial charge in [-0.05, 0) is 50.4 Å². The summed E-state index contributed by atoms with van der Waals surface area (Å²) < 4.78 is 0. The highest BCUT2D eigenvalue weighted by Gasteiger charge is 2.64. The van der Waals surface area contributed by atoms with Crippen LogP contribution in [0.1, 0.15) is 42.0 Å². The number of carbonyl (C=O) groups is 3. The zero-order valence-electron chi connectivity index (χ0n) is 20.0. The molecule has 1 amide bonds. The molecule has 4 unspecified atom stereocenters. The molecule has 188 valence electrons. The summed E-state index contributed by atoms with van der Waals surface area (Å²) in [6, 6.07) is 0.702. The summed E-state index contributed by atoms with van der Waals surface area (Å²) in [5.74, 6) is -6.56. The summed E-state index contributed by atoms with van der Waals surface area (Å²) in [6.07, 6.45) is 1.81. The van der Waals surface area contributed by atoms with Gasteiger partial charge in [0.05, 0.1) is 11.6 Å². The number of aryl methyl sites for hydroxylation is 1. The van der Waals surface area contributed by atoms with Gasteiger partial charge in [0.2, 0.25) is 5.78 Å². The van der Waals surface area contributed by atoms with Crippen molar-refractivity contribution in [1.29, 1.82) is 0 Å². The van der Waals surface area contributed by atoms with Gasteiger partial charge >= 0.3 is 0 Å². The number of Topliss-reactive ketones (excluding diaryl/α,β-unsaturated/α-hetero) is 2. The van der Waals surface area contributed by atoms with E-state index in [0.29, 0.717) is 17.5 Å². The number of nitrogens with two attached hydrogens (primary N) is 2. The van der Waals surface area contributed by atoms with Crippen LogP contribution < -0.4 is 11.5 Å². The van der Waals surface area contributed by atoms with Crippen LogP contribution in [0.5, 0.6) is 5.75 Å². The number of aliphatic hydroxyl groups excluding tert-OH is 2. The topological polar surface area (TPSA) is 187 Å². The van der Waals surface area contributed by atoms with Gasteiger partial charge in [0.15, 0.2) is 11.4 Å². The van der Waals surface area contributed by atoms with Crippen LogP contribution >= 0.6 is 0 Å². The van der Waals surface area contributed by atoms with Gasteiger partial charge in [-0.15, -0.1) is 0 Å². The minimum absolute atomic E-state index is 0.0138. The first-order valence-corrected chi connectivity index (χ1v) is 11.6. The maximum absolute atomic E-state index is 13.8. The van der Waals surface area contributed by atoms with Crippen LogP contribution in [-0.2, 0) is 33.8 Å². The normalized spacial score (nSPS) is 28.2. The van der Waals surface area contributed by atoms with Crippen LogP contribution in [0.15, 0.2) is 23.0 Å². The third-order valence-corrected chi connectivity index (χ3v) is 7.63. The molecule has 1 aromatic rings. The molecular formula is C25H31N3O7. The van der Waals surface area contributed by atoms with Crippen molar-refractivity contribution in [3.8, 4) is 5.75 Å². The number of likely N-dealkylation sites (N-methyl/N-ethyl adjacent to an activating group) is 1. The molecule has 0 spiro atoms. The Bertz CT molecular complexity index is 1220. The molecule has 10 nitrogen and oxygen atoms in total. The Morgan fingerprint density at radius 3 is 2.40 bits per heavy atom. The molecule has 0 bridgehead atoms. The number of rotatable bonds is 5. The number of phenols is 1. The number of amides is 1. The van der Waals surface area contributed by atoms with Gasteiger partial charge in [0.1, 0.15) is 22.8 Å². The molecule has 35 heavy (non-hydrogen) atoms. The lowest BCUT2D eigenvalue weighted by molar-refractivity contribution is -0.153. The van der Waals surface area contributed by atoms with E-state index in [1.165, 1.54) is 4.90 Å². The smallest absolute Gasteiger partial charge is 0.255 e. The molecule has 0 radical (unpaired) electrons. The largest absolute Gasteiger partial charge is 0.508 e. The molecule has 0 aliphatic heterocycles. The monoisotopic (exact) mass is 485 g/mol. The van der Waals surface area contributed by atoms with Crippen molar-refractivity contribution in [2.75, 3.05) is 14.1 Å². The van der Waals surface area contributed by atoms with Gasteiger partial charge in [-0.25, -0.2) is 0 Å². The average Bonchev–Trinajstić information content (AvgIpc) is 2.77. The first kappa shape index (κ1) is 24.9. The number of nitrogens with zero attached hydrogens (tertiary/aromatic N) is 1. The Kier molecular flexibility index (Phi) is 6.03. The first-order chi connectivity index (χ1) is 16.4. The molecule has 1 fully saturated rings. The molecule has 0 saturated heterocycles. The summed E-state index contributed by atoms with van der Waals surface area (Å²) in [4.78, 5) is 40.4. The number of ketones is 2. The third-order valence-electron chi connectivity index (χ3n) is 7.63. The predicted octanol–water partition coefficient (Wildman–Crippen LogP) is 0.375. The van der Waals surface area contributed by atoms with Crippen LogP contribution in [0.25, 0.3) is 5.76 Å². The number of carbonyl (C=O) groups excluding carboxylic acids is 3. The fraction of sp³-hybridized carbons (Fsp3) is 0.480. The standard InChI is InChI=1S/C25H31N3O7/c1-4-5-10-6-12(9-26)19(29)16-13(10)7-11-8-14-18(28(2)3)21(31)17(24(27)34)23(33)25(14,35)22(32)15(11)20(16)30/h6,11,14,18,29-30,33,35H,4-5,7-9,26H2,1-3H3,(H2,27,34). The Morgan fingerprint density at radius 1 is 1.20 bits per heavy atom. The second kappa shape index (κ2) is 8.47. The molecule has 4 rings (SSSR count). The van der Waals surface area contributed by atoms with Crippen molar-refractivity contribution >= 4 is 23.2 Å². The van der Waals surface area contributed by atoms with Crippen molar-refractivity contribution < 1.29 is 34.8 Å². The number of primary amides is 1. The molecule has 0 heterocycles. The molecule has 3 aliphatic rings. The number of hydrogen-bond acceptors (Lipinski definition) is 9. The predicted molar refractivity (Wildman–Crippen MR) is 126 cm³/mol. The Morgan fingerprint density at radius 2 is 1.86 bits per heavy atom. The number of fused-ring (bicyclic) bond motifs is 3. The van der Waals surface area contributed by atoms with E-state index in [1.807, 2.05) is 6.92 Å². The lowest BCUT2D eigenvalue weighted by Crippen LogP contribution is -2.65. The van der Waals surface area contributed by atoms with Crippen LogP contribution in [0, 0.1) is 11.8 Å². The second-order valence-electron chi connectivity index (χ2n) is 9.81. The van der Waals surface area contributed by atoms with Gasteiger partial charge in [0.25, 0.3) is 5.91 Å². The Balaban J connectivity index is 1.99. The van der Waals surface area contributed by atoms with E-state index in [-0.39, 0.29) is 36.3 Å². The molecular weight excluding hydrogens is 454 g/mol. The number of phenolic OH excluding ortho intramolecular Hbond substituents is 1. The number of hydrogen-bond donors (Lipinski definition) is 6. The number of aliphatic hydroxyl groups is 3. The van der Waals surface area contributed by atoms with E-state index < -0.39 is 58.0 Å². The molecule has 3 aliphatic carbocycles. The average molecular weight is 486 g/mol. The van der Waals surface area contributed by atoms with Crippen LogP contribution in [0.4, 0.5) is 0 Å². The molecule has 1 saturated carbocycles. The lowest BCUT2D eigenvalue weighted by Gasteiger charge is -2.50. The van der Waals surface area contributed by atoms with Crippen molar-refractivity contribution in [1.82, 2.24) is 4.90 Å². The second-order valence-corrected chi connectivity index (χ2v) is 9.81.